The van der Waals surface area contributed by atoms with Crippen molar-refractivity contribution in [2.75, 3.05) is 14.2 Å². The van der Waals surface area contributed by atoms with Crippen molar-refractivity contribution in [3.05, 3.63) is 82.7 Å². The standard InChI is InChI=1S/C26H23NO5/c1-15-11-16(2)25-20(27-19-8-5-17(6-9-19)26(28)29)14-22(32-24(25)12-15)18-7-10-21(30-3)23(13-18)31-4/h5-14H,1-4H3,(H,28,29). The topological polar surface area (TPSA) is 81.3 Å². The number of aromatic carboxylic acids is 1. The van der Waals surface area contributed by atoms with E-state index in [4.69, 9.17) is 24.0 Å². The minimum atomic E-state index is -0.970. The first-order valence-electron chi connectivity index (χ1n) is 10.0. The molecule has 4 rings (SSSR count). The summed E-state index contributed by atoms with van der Waals surface area (Å²) in [5.41, 5.74) is 4.54. The second kappa shape index (κ2) is 8.59. The second-order valence-corrected chi connectivity index (χ2v) is 7.48. The first-order chi connectivity index (χ1) is 15.4. The molecule has 162 valence electrons. The maximum Gasteiger partial charge on any atom is 0.335 e. The Morgan fingerprint density at radius 1 is 0.906 bits per heavy atom. The van der Waals surface area contributed by atoms with Gasteiger partial charge in [0.05, 0.1) is 30.8 Å². The van der Waals surface area contributed by atoms with Crippen LogP contribution in [-0.4, -0.2) is 25.3 Å². The molecule has 6 nitrogen and oxygen atoms in total. The lowest BCUT2D eigenvalue weighted by atomic mass is 10.0. The van der Waals surface area contributed by atoms with Gasteiger partial charge in [-0.25, -0.2) is 9.79 Å². The molecule has 0 atom stereocenters. The zero-order chi connectivity index (χ0) is 22.8. The highest BCUT2D eigenvalue weighted by molar-refractivity contribution is 5.88. The third-order valence-electron chi connectivity index (χ3n) is 5.22. The molecule has 4 aromatic rings. The summed E-state index contributed by atoms with van der Waals surface area (Å²) in [6.45, 7) is 4.04. The first-order valence-corrected chi connectivity index (χ1v) is 10.0. The minimum Gasteiger partial charge on any atom is -0.493 e. The molecule has 6 heteroatoms. The van der Waals surface area contributed by atoms with E-state index in [1.807, 2.05) is 44.2 Å². The molecule has 0 unspecified atom stereocenters. The van der Waals surface area contributed by atoms with Crippen LogP contribution in [0.2, 0.25) is 0 Å². The van der Waals surface area contributed by atoms with Gasteiger partial charge in [0.15, 0.2) is 11.5 Å². The molecule has 0 spiro atoms. The quantitative estimate of drug-likeness (QED) is 0.442. The second-order valence-electron chi connectivity index (χ2n) is 7.48. The van der Waals surface area contributed by atoms with Crippen molar-refractivity contribution in [3.63, 3.8) is 0 Å². The molecule has 0 saturated carbocycles. The largest absolute Gasteiger partial charge is 0.493 e. The molecule has 0 radical (unpaired) electrons. The Morgan fingerprint density at radius 3 is 2.28 bits per heavy atom. The Balaban J connectivity index is 1.96. The third kappa shape index (κ3) is 4.07. The number of hydrogen-bond acceptors (Lipinski definition) is 5. The van der Waals surface area contributed by atoms with Crippen LogP contribution in [0.15, 0.2) is 70.1 Å². The summed E-state index contributed by atoms with van der Waals surface area (Å²) in [5.74, 6) is 0.891. The molecule has 0 aliphatic heterocycles. The molecule has 3 aromatic carbocycles. The molecule has 0 amide bonds. The summed E-state index contributed by atoms with van der Waals surface area (Å²) >= 11 is 0. The summed E-state index contributed by atoms with van der Waals surface area (Å²) in [6.07, 6.45) is 0. The maximum atomic E-state index is 11.2. The number of carboxylic acids is 1. The van der Waals surface area contributed by atoms with E-state index in [-0.39, 0.29) is 5.56 Å². The van der Waals surface area contributed by atoms with Crippen LogP contribution in [0.3, 0.4) is 0 Å². The van der Waals surface area contributed by atoms with Crippen LogP contribution in [0.4, 0.5) is 5.69 Å². The number of nitrogens with zero attached hydrogens (tertiary/aromatic N) is 1. The van der Waals surface area contributed by atoms with Crippen LogP contribution in [0.5, 0.6) is 11.5 Å². The normalized spacial score (nSPS) is 11.6. The van der Waals surface area contributed by atoms with Crippen LogP contribution in [0, 0.1) is 13.8 Å². The van der Waals surface area contributed by atoms with Gasteiger partial charge in [-0.1, -0.05) is 6.07 Å². The van der Waals surface area contributed by atoms with Crippen LogP contribution < -0.4 is 14.8 Å². The summed E-state index contributed by atoms with van der Waals surface area (Å²) in [5, 5.41) is 10.8. The summed E-state index contributed by atoms with van der Waals surface area (Å²) in [4.78, 5) is 16.0. The van der Waals surface area contributed by atoms with Crippen molar-refractivity contribution in [1.82, 2.24) is 0 Å². The lowest BCUT2D eigenvalue weighted by Crippen LogP contribution is -2.05. The van der Waals surface area contributed by atoms with E-state index in [0.29, 0.717) is 22.9 Å². The molecule has 1 N–H and O–H groups in total. The van der Waals surface area contributed by atoms with Crippen LogP contribution >= 0.6 is 0 Å². The number of carbonyl (C=O) groups is 1. The fourth-order valence-electron chi connectivity index (χ4n) is 3.72. The number of methoxy groups -OCH3 is 2. The van der Waals surface area contributed by atoms with Gasteiger partial charge in [0.1, 0.15) is 11.3 Å². The van der Waals surface area contributed by atoms with E-state index in [1.165, 1.54) is 0 Å². The van der Waals surface area contributed by atoms with E-state index in [2.05, 4.69) is 6.07 Å². The van der Waals surface area contributed by atoms with Gasteiger partial charge in [0, 0.05) is 17.0 Å². The molecule has 32 heavy (non-hydrogen) atoms. The lowest BCUT2D eigenvalue weighted by molar-refractivity contribution is 0.0697. The highest BCUT2D eigenvalue weighted by Gasteiger charge is 2.12. The predicted octanol–water partition coefficient (Wildman–Crippen LogP) is 5.66. The summed E-state index contributed by atoms with van der Waals surface area (Å²) in [7, 11) is 3.18. The number of benzene rings is 3. The van der Waals surface area contributed by atoms with Crippen LogP contribution in [0.25, 0.3) is 22.3 Å². The lowest BCUT2D eigenvalue weighted by Gasteiger charge is -2.11. The van der Waals surface area contributed by atoms with Gasteiger partial charge in [-0.05, 0) is 73.5 Å². The minimum absolute atomic E-state index is 0.217. The van der Waals surface area contributed by atoms with Crippen molar-refractivity contribution in [2.45, 2.75) is 13.8 Å². The van der Waals surface area contributed by atoms with Crippen LogP contribution in [-0.2, 0) is 0 Å². The molecule has 0 fully saturated rings. The Bertz CT molecular complexity index is 1380. The first kappa shape index (κ1) is 21.2. The van der Waals surface area contributed by atoms with Gasteiger partial charge < -0.3 is 19.0 Å². The predicted molar refractivity (Wildman–Crippen MR) is 123 cm³/mol. The molecule has 0 aliphatic carbocycles. The van der Waals surface area contributed by atoms with Gasteiger partial charge in [0.25, 0.3) is 0 Å². The number of carboxylic acid groups (broad SMARTS) is 1. The van der Waals surface area contributed by atoms with E-state index in [9.17, 15) is 4.79 Å². The van der Waals surface area contributed by atoms with Gasteiger partial charge in [-0.3, -0.25) is 0 Å². The van der Waals surface area contributed by atoms with Gasteiger partial charge >= 0.3 is 5.97 Å². The Hall–Kier alpha value is -4.06. The fraction of sp³-hybridized carbons (Fsp3) is 0.154. The third-order valence-corrected chi connectivity index (χ3v) is 5.22. The smallest absolute Gasteiger partial charge is 0.335 e. The number of fused-ring (bicyclic) bond motifs is 1. The average Bonchev–Trinajstić information content (AvgIpc) is 2.78. The monoisotopic (exact) mass is 429 g/mol. The SMILES string of the molecule is COc1ccc(-c2cc(=Nc3ccc(C(=O)O)cc3)c3c(C)cc(C)cc3o2)cc1OC. The molecule has 1 heterocycles. The van der Waals surface area contributed by atoms with E-state index in [1.54, 1.807) is 38.5 Å². The highest BCUT2D eigenvalue weighted by Crippen LogP contribution is 2.33. The van der Waals surface area contributed by atoms with Crippen molar-refractivity contribution in [1.29, 1.82) is 0 Å². The van der Waals surface area contributed by atoms with Crippen molar-refractivity contribution >= 4 is 22.6 Å². The molecule has 0 saturated heterocycles. The molecule has 1 aromatic heterocycles. The number of hydrogen-bond donors (Lipinski definition) is 1. The van der Waals surface area contributed by atoms with Crippen molar-refractivity contribution in [2.24, 2.45) is 4.99 Å². The highest BCUT2D eigenvalue weighted by atomic mass is 16.5. The van der Waals surface area contributed by atoms with Gasteiger partial charge in [-0.2, -0.15) is 0 Å². The Labute approximate surface area is 185 Å². The zero-order valence-electron chi connectivity index (χ0n) is 18.3. The van der Waals surface area contributed by atoms with E-state index >= 15 is 0 Å². The molecular formula is C26H23NO5. The number of aryl methyl sites for hydroxylation is 2. The summed E-state index contributed by atoms with van der Waals surface area (Å²) < 4.78 is 17.1. The molecule has 0 aliphatic rings. The maximum absolute atomic E-state index is 11.2. The van der Waals surface area contributed by atoms with E-state index in [0.717, 1.165) is 33.0 Å². The number of ether oxygens (including phenoxy) is 2. The Morgan fingerprint density at radius 2 is 1.62 bits per heavy atom. The van der Waals surface area contributed by atoms with Crippen molar-refractivity contribution in [3.8, 4) is 22.8 Å². The van der Waals surface area contributed by atoms with Crippen molar-refractivity contribution < 1.29 is 23.8 Å². The van der Waals surface area contributed by atoms with Gasteiger partial charge in [-0.15, -0.1) is 0 Å². The van der Waals surface area contributed by atoms with E-state index < -0.39 is 5.97 Å². The fourth-order valence-corrected chi connectivity index (χ4v) is 3.72. The van der Waals surface area contributed by atoms with Crippen LogP contribution in [0.1, 0.15) is 21.5 Å². The molecule has 0 bridgehead atoms. The zero-order valence-corrected chi connectivity index (χ0v) is 18.3. The Kier molecular flexibility index (Phi) is 5.69. The van der Waals surface area contributed by atoms with Gasteiger partial charge in [0.2, 0.25) is 0 Å². The average molecular weight is 429 g/mol. The number of rotatable bonds is 5. The summed E-state index contributed by atoms with van der Waals surface area (Å²) in [6, 6.07) is 18.0. The molecular weight excluding hydrogens is 406 g/mol.